The molecule has 2 saturated heterocycles. The van der Waals surface area contributed by atoms with Crippen molar-refractivity contribution >= 4 is 102 Å². The Hall–Kier alpha value is -9.61. The van der Waals surface area contributed by atoms with Gasteiger partial charge >= 0.3 is 18.2 Å². The van der Waals surface area contributed by atoms with E-state index in [9.17, 15) is 50.4 Å². The predicted octanol–water partition coefficient (Wildman–Crippen LogP) is 13.3. The van der Waals surface area contributed by atoms with Gasteiger partial charge in [0.15, 0.2) is 35.0 Å². The molecule has 4 heterocycles. The molecule has 0 aromatic heterocycles. The third kappa shape index (κ3) is 18.3. The van der Waals surface area contributed by atoms with Crippen LogP contribution in [0, 0.1) is 6.92 Å². The lowest BCUT2D eigenvalue weighted by Gasteiger charge is -2.33. The predicted molar refractivity (Wildman–Crippen MR) is 393 cm³/mol. The number of imide groups is 2. The van der Waals surface area contributed by atoms with Crippen molar-refractivity contribution < 1.29 is 83.6 Å². The lowest BCUT2D eigenvalue weighted by molar-refractivity contribution is -0.137. The van der Waals surface area contributed by atoms with Crippen LogP contribution in [0.15, 0.2) is 123 Å². The number of unbranched alkanes of at least 4 members (excludes halogenated alkanes) is 11. The number of amidine groups is 2. The zero-order valence-electron chi connectivity index (χ0n) is 61.7. The first-order valence-electron chi connectivity index (χ1n) is 35.0. The van der Waals surface area contributed by atoms with Crippen molar-refractivity contribution in [2.45, 2.75) is 204 Å². The zero-order chi connectivity index (χ0) is 76.1. The number of rotatable bonds is 33. The fourth-order valence-electron chi connectivity index (χ4n) is 11.9. The van der Waals surface area contributed by atoms with Crippen molar-refractivity contribution in [3.63, 3.8) is 0 Å². The van der Waals surface area contributed by atoms with E-state index in [-0.39, 0.29) is 74.2 Å². The fourth-order valence-corrected chi connectivity index (χ4v) is 14.6. The fraction of sp³-hybridized carbons (Fsp3) is 0.480. The highest BCUT2D eigenvalue weighted by atomic mass is 32.2. The van der Waals surface area contributed by atoms with E-state index in [1.165, 1.54) is 156 Å². The number of benzene rings is 5. The summed E-state index contributed by atoms with van der Waals surface area (Å²) < 4.78 is 95.0. The van der Waals surface area contributed by atoms with Crippen LogP contribution in [0.1, 0.15) is 174 Å². The summed E-state index contributed by atoms with van der Waals surface area (Å²) in [6.07, 6.45) is 12.9. The van der Waals surface area contributed by atoms with Crippen LogP contribution in [0.25, 0.3) is 0 Å². The number of aryl methyl sites for hydroxylation is 1. The summed E-state index contributed by atoms with van der Waals surface area (Å²) in [5.41, 5.74) is -0.202. The number of ether oxygens (including phenoxy) is 7. The second-order valence-electron chi connectivity index (χ2n) is 27.2. The maximum absolute atomic E-state index is 14.3. The lowest BCUT2D eigenvalue weighted by Crippen LogP contribution is -2.58. The van der Waals surface area contributed by atoms with Gasteiger partial charge in [-0.2, -0.15) is 0 Å². The number of aliphatic imine (C=N–C) groups is 2. The van der Waals surface area contributed by atoms with Gasteiger partial charge in [-0.25, -0.2) is 51.0 Å². The Kier molecular flexibility index (Phi) is 26.4. The average molecular weight is 1480 g/mol. The van der Waals surface area contributed by atoms with E-state index in [0.717, 1.165) is 57.6 Å². The molecule has 4 aliphatic rings. The summed E-state index contributed by atoms with van der Waals surface area (Å²) in [6, 6.07) is 23.5. The highest BCUT2D eigenvalue weighted by molar-refractivity contribution is 7.90. The van der Waals surface area contributed by atoms with Gasteiger partial charge in [0.2, 0.25) is 6.29 Å². The molecular weight excluding hydrogens is 1380 g/mol. The van der Waals surface area contributed by atoms with E-state index < -0.39 is 97.2 Å². The van der Waals surface area contributed by atoms with E-state index in [2.05, 4.69) is 66.6 Å². The number of hydrogen-bond donors (Lipinski definition) is 3. The normalized spacial score (nSPS) is 17.0. The Morgan fingerprint density at radius 2 is 1.04 bits per heavy atom. The van der Waals surface area contributed by atoms with Gasteiger partial charge < -0.3 is 49.1 Å². The number of carbonyl (C=O) groups excluding carboxylic acids is 7. The Labute approximate surface area is 609 Å². The van der Waals surface area contributed by atoms with Crippen LogP contribution >= 0.6 is 0 Å². The summed E-state index contributed by atoms with van der Waals surface area (Å²) in [7, 11) is -3.29. The number of nitrogens with zero attached hydrogens (tertiary/aromatic N) is 6. The molecule has 0 saturated carbocycles. The van der Waals surface area contributed by atoms with Crippen LogP contribution in [-0.4, -0.2) is 160 Å². The first-order valence-corrected chi connectivity index (χ1v) is 37.9. The van der Waals surface area contributed by atoms with Crippen molar-refractivity contribution in [2.24, 2.45) is 9.98 Å². The second kappa shape index (κ2) is 34.3. The van der Waals surface area contributed by atoms with E-state index >= 15 is 0 Å². The molecule has 0 radical (unpaired) electrons. The molecule has 0 spiro atoms. The van der Waals surface area contributed by atoms with E-state index in [1.54, 1.807) is 36.4 Å². The third-order valence-electron chi connectivity index (χ3n) is 18.4. The standard InChI is InChI=1S/C38H47N5O9S.C37H50N4O9S/c1-10-31(51-28-18-16-23(3)20-25(28)37(4,5)11-2)50-22-39-24-17-19-29(49-9)27(21-24)41-34(44)32(43-35(45)38(6,7)52-36(43)46)33-40-26-14-12-13-15-30(26)53(47,48)42(33)8;1-6-7-8-9-10-11-12-13-14-15-16-19-24-49-34(43)26-22-23-29(48-5)28(25-26)39-33(42)31(41-35(44)37(2,3)50-36(41)45)32-38-27-20-17-18-21-30(27)51(46,47)40(32)4/h12-21,31-32,39H,10-11,22H2,1-9H3,(H,41,44);17-18,20-23,25,31H,6-16,19,24H2,1-5H3,(H,39,42). The molecule has 104 heavy (non-hydrogen) atoms. The smallest absolute Gasteiger partial charge is 0.418 e. The molecule has 0 aliphatic carbocycles. The van der Waals surface area contributed by atoms with Gasteiger partial charge in [0.1, 0.15) is 33.8 Å². The molecule has 6 amide bonds. The number of hydrogen-bond acceptors (Lipinski definition) is 21. The molecule has 27 nitrogen and oxygen atoms in total. The molecule has 562 valence electrons. The molecule has 5 aromatic rings. The third-order valence-corrected chi connectivity index (χ3v) is 22.1. The first-order chi connectivity index (χ1) is 49.3. The Bertz CT molecular complexity index is 4310. The largest absolute Gasteiger partial charge is 0.495 e. The maximum Gasteiger partial charge on any atom is 0.418 e. The number of likely N-dealkylation sites (N-methyl/N-ethyl adjacent to an activating group) is 2. The average Bonchev–Trinajstić information content (AvgIpc) is 1.29. The zero-order valence-corrected chi connectivity index (χ0v) is 63.3. The van der Waals surface area contributed by atoms with Crippen molar-refractivity contribution in [1.82, 2.24) is 18.4 Å². The second-order valence-corrected chi connectivity index (χ2v) is 31.1. The number of nitrogens with one attached hydrogen (secondary N) is 3. The van der Waals surface area contributed by atoms with Crippen LogP contribution in [0.4, 0.5) is 38.0 Å². The molecule has 3 atom stereocenters. The molecule has 3 unspecified atom stereocenters. The Morgan fingerprint density at radius 1 is 0.587 bits per heavy atom. The van der Waals surface area contributed by atoms with Crippen LogP contribution in [0.2, 0.25) is 0 Å². The van der Waals surface area contributed by atoms with Gasteiger partial charge in [0, 0.05) is 31.8 Å². The highest BCUT2D eigenvalue weighted by Gasteiger charge is 2.57. The topological polar surface area (TPSA) is 326 Å². The molecule has 3 N–H and O–H groups in total. The molecule has 4 aliphatic heterocycles. The highest BCUT2D eigenvalue weighted by Crippen LogP contribution is 2.40. The molecule has 0 bridgehead atoms. The molecular formula is C75H97N9O18S2. The van der Waals surface area contributed by atoms with E-state index in [0.29, 0.717) is 21.9 Å². The lowest BCUT2D eigenvalue weighted by atomic mass is 9.81. The van der Waals surface area contributed by atoms with Gasteiger partial charge in [-0.05, 0) is 120 Å². The van der Waals surface area contributed by atoms with Crippen molar-refractivity contribution in [3.05, 3.63) is 120 Å². The summed E-state index contributed by atoms with van der Waals surface area (Å²) in [4.78, 5) is 104. The maximum atomic E-state index is 14.3. The van der Waals surface area contributed by atoms with Gasteiger partial charge in [0.25, 0.3) is 43.7 Å². The number of cyclic esters (lactones) is 2. The van der Waals surface area contributed by atoms with Crippen LogP contribution in [-0.2, 0) is 63.6 Å². The first kappa shape index (κ1) is 80.1. The van der Waals surface area contributed by atoms with Gasteiger partial charge in [-0.15, -0.1) is 0 Å². The van der Waals surface area contributed by atoms with Crippen molar-refractivity contribution in [2.75, 3.05) is 57.6 Å². The molecule has 29 heteroatoms. The van der Waals surface area contributed by atoms with Crippen LogP contribution in [0.3, 0.4) is 0 Å². The van der Waals surface area contributed by atoms with E-state index in [1.807, 2.05) is 19.1 Å². The van der Waals surface area contributed by atoms with Crippen molar-refractivity contribution in [1.29, 1.82) is 0 Å². The number of anilines is 3. The van der Waals surface area contributed by atoms with Crippen LogP contribution < -0.4 is 30.2 Å². The molecule has 9 rings (SSSR count). The Morgan fingerprint density at radius 3 is 1.49 bits per heavy atom. The number of amides is 6. The number of fused-ring (bicyclic) bond motifs is 2. The molecule has 2 fully saturated rings. The summed E-state index contributed by atoms with van der Waals surface area (Å²) in [5, 5.41) is 8.50. The summed E-state index contributed by atoms with van der Waals surface area (Å²) >= 11 is 0. The quantitative estimate of drug-likeness (QED) is 0.0152. The number of sulfonamides is 2. The Balaban J connectivity index is 0.000000264. The SMILES string of the molecule is CCC(OCNc1ccc(OC)c(NC(=O)C(C2=Nc3ccccc3S(=O)(=O)N2C)N2C(=O)OC(C)(C)C2=O)c1)Oc1ccc(C)cc1C(C)(C)CC.CCCCCCCCCCCCCCOC(=O)c1ccc(OC)c(NC(=O)C(C2=Nc3ccccc3S(=O)(=O)N2C)N2C(=O)OC(C)(C)C2=O)c1. The van der Waals surface area contributed by atoms with Gasteiger partial charge in [-0.1, -0.05) is 147 Å². The number of para-hydroxylation sites is 2. The van der Waals surface area contributed by atoms with Crippen LogP contribution in [0.5, 0.6) is 17.2 Å². The summed E-state index contributed by atoms with van der Waals surface area (Å²) in [5.74, 6) is -3.90. The minimum absolute atomic E-state index is 0.0221. The van der Waals surface area contributed by atoms with Gasteiger partial charge in [0.05, 0.1) is 49.1 Å². The molecule has 5 aromatic carbocycles. The van der Waals surface area contributed by atoms with Crippen molar-refractivity contribution in [3.8, 4) is 17.2 Å². The minimum atomic E-state index is -4.22. The van der Waals surface area contributed by atoms with Gasteiger partial charge in [-0.3, -0.25) is 27.8 Å². The minimum Gasteiger partial charge on any atom is -0.495 e. The number of carbonyl (C=O) groups is 7. The monoisotopic (exact) mass is 1480 g/mol. The summed E-state index contributed by atoms with van der Waals surface area (Å²) in [6.45, 7) is 18.5. The van der Waals surface area contributed by atoms with E-state index in [4.69, 9.17) is 33.2 Å². The number of methoxy groups -OCH3 is 2. The number of esters is 1.